The summed E-state index contributed by atoms with van der Waals surface area (Å²) in [5.74, 6) is -1.17. The Balaban J connectivity index is 2.83. The Bertz CT molecular complexity index is 685. The van der Waals surface area contributed by atoms with Crippen LogP contribution >= 0.6 is 43.4 Å². The Kier molecular flexibility index (Phi) is 4.60. The summed E-state index contributed by atoms with van der Waals surface area (Å²) in [6, 6.07) is 5.37. The number of fused-ring (bicyclic) bond motifs is 1. The van der Waals surface area contributed by atoms with E-state index in [4.69, 9.17) is 4.52 Å². The zero-order chi connectivity index (χ0) is 14.2. The third-order valence-electron chi connectivity index (χ3n) is 2.59. The fourth-order valence-corrected chi connectivity index (χ4v) is 4.04. The fraction of sp³-hybridized carbons (Fsp3) is 0.182. The van der Waals surface area contributed by atoms with Crippen molar-refractivity contribution >= 4 is 65.6 Å². The van der Waals surface area contributed by atoms with Crippen LogP contribution in [0.15, 0.2) is 18.2 Å². The van der Waals surface area contributed by atoms with Crippen LogP contribution in [-0.4, -0.2) is 21.7 Å². The van der Waals surface area contributed by atoms with Gasteiger partial charge < -0.3 is 9.63 Å². The average molecular weight is 411 g/mol. The largest absolute Gasteiger partial charge is 0.477 e. The second kappa shape index (κ2) is 5.87. The van der Waals surface area contributed by atoms with Crippen molar-refractivity contribution in [1.29, 1.82) is 0 Å². The highest BCUT2D eigenvalue weighted by atomic mass is 127. The van der Waals surface area contributed by atoms with Gasteiger partial charge in [-0.2, -0.15) is 0 Å². The van der Waals surface area contributed by atoms with Crippen LogP contribution in [0.2, 0.25) is 0 Å². The zero-order valence-electron chi connectivity index (χ0n) is 9.88. The summed E-state index contributed by atoms with van der Waals surface area (Å²) in [6.07, 6.45) is 0. The van der Waals surface area contributed by atoms with Crippen LogP contribution in [0.3, 0.4) is 0 Å². The summed E-state index contributed by atoms with van der Waals surface area (Å²) in [5, 5.41) is 10.1. The molecule has 0 radical (unpaired) electrons. The average Bonchev–Trinajstić information content (AvgIpc) is 2.62. The Labute approximate surface area is 129 Å². The molecule has 0 aliphatic heterocycles. The number of carbonyl (C=O) groups is 1. The van der Waals surface area contributed by atoms with Crippen LogP contribution in [0.25, 0.3) is 10.9 Å². The quantitative estimate of drug-likeness (QED) is 0.462. The van der Waals surface area contributed by atoms with Crippen molar-refractivity contribution in [3.63, 3.8) is 0 Å². The topological polar surface area (TPSA) is 68.5 Å². The van der Waals surface area contributed by atoms with Gasteiger partial charge in [-0.25, -0.2) is 4.79 Å². The van der Waals surface area contributed by atoms with Gasteiger partial charge in [0.2, 0.25) is 8.03 Å². The number of thiol groups is 1. The Hall–Kier alpha value is -0.500. The predicted octanol–water partition coefficient (Wildman–Crippen LogP) is 2.77. The van der Waals surface area contributed by atoms with E-state index in [0.717, 1.165) is 3.57 Å². The Morgan fingerprint density at radius 2 is 2.26 bits per heavy atom. The first-order valence-corrected chi connectivity index (χ1v) is 8.20. The first kappa shape index (κ1) is 14.9. The second-order valence-corrected chi connectivity index (χ2v) is 6.73. The molecule has 0 aliphatic rings. The molecule has 5 nitrogen and oxygen atoms in total. The van der Waals surface area contributed by atoms with Gasteiger partial charge in [0.05, 0.1) is 17.4 Å². The number of carboxylic acid groups (broad SMARTS) is 1. The van der Waals surface area contributed by atoms with Crippen molar-refractivity contribution in [2.45, 2.75) is 6.92 Å². The minimum atomic E-state index is -2.62. The summed E-state index contributed by atoms with van der Waals surface area (Å²) in [4.78, 5) is 11.4. The molecule has 0 spiro atoms. The number of benzene rings is 1. The number of halogens is 1. The molecule has 19 heavy (non-hydrogen) atoms. The molecule has 0 fully saturated rings. The van der Waals surface area contributed by atoms with E-state index in [0.29, 0.717) is 10.9 Å². The highest BCUT2D eigenvalue weighted by molar-refractivity contribution is 14.1. The molecule has 2 rings (SSSR count). The third-order valence-corrected chi connectivity index (χ3v) is 5.14. The first-order valence-electron chi connectivity index (χ1n) is 5.41. The smallest absolute Gasteiger partial charge is 0.354 e. The first-order chi connectivity index (χ1) is 8.97. The van der Waals surface area contributed by atoms with E-state index in [1.54, 1.807) is 19.1 Å². The van der Waals surface area contributed by atoms with E-state index in [1.165, 1.54) is 3.97 Å². The molecule has 1 aromatic heterocycles. The van der Waals surface area contributed by atoms with E-state index >= 15 is 0 Å². The highest BCUT2D eigenvalue weighted by Gasteiger charge is 2.25. The number of carboxylic acids is 1. The Morgan fingerprint density at radius 3 is 2.84 bits per heavy atom. The van der Waals surface area contributed by atoms with E-state index in [2.05, 4.69) is 35.4 Å². The predicted molar refractivity (Wildman–Crippen MR) is 86.3 cm³/mol. The number of hydrogen-bond donors (Lipinski definition) is 2. The minimum Gasteiger partial charge on any atom is -0.477 e. The number of rotatable bonds is 4. The van der Waals surface area contributed by atoms with Crippen molar-refractivity contribution in [3.05, 3.63) is 27.5 Å². The van der Waals surface area contributed by atoms with E-state index in [-0.39, 0.29) is 17.6 Å². The third kappa shape index (κ3) is 2.69. The lowest BCUT2D eigenvalue weighted by molar-refractivity contribution is 0.0691. The lowest BCUT2D eigenvalue weighted by Gasteiger charge is -2.03. The molecule has 2 aromatic rings. The van der Waals surface area contributed by atoms with Crippen molar-refractivity contribution in [2.24, 2.45) is 0 Å². The zero-order valence-corrected chi connectivity index (χ0v) is 13.9. The summed E-state index contributed by atoms with van der Waals surface area (Å²) in [7, 11) is -2.62. The van der Waals surface area contributed by atoms with Gasteiger partial charge >= 0.3 is 5.97 Å². The van der Waals surface area contributed by atoms with Gasteiger partial charge in [-0.3, -0.25) is 8.54 Å². The van der Waals surface area contributed by atoms with Crippen molar-refractivity contribution in [3.8, 4) is 0 Å². The molecular weight excluding hydrogens is 400 g/mol. The molecule has 0 saturated heterocycles. The molecule has 0 saturated carbocycles. The molecule has 1 unspecified atom stereocenters. The number of aromatic nitrogens is 1. The maximum atomic E-state index is 12.2. The standard InChI is InChI=1S/C11H11INO4PS/c1-2-17-18(16)10-7-5-6(12)3-4-8(7)13(19)9(10)11(14)15/h3-5,18-19H,2H2,1H3,(H,14,15). The molecular formula is C11H11INO4PS. The van der Waals surface area contributed by atoms with Gasteiger partial charge in [0, 0.05) is 8.96 Å². The van der Waals surface area contributed by atoms with Gasteiger partial charge in [0.25, 0.3) is 0 Å². The molecule has 1 N–H and O–H groups in total. The molecule has 0 bridgehead atoms. The lowest BCUT2D eigenvalue weighted by Crippen LogP contribution is -2.13. The van der Waals surface area contributed by atoms with Crippen LogP contribution in [0, 0.1) is 3.57 Å². The molecule has 102 valence electrons. The number of nitrogens with zero attached hydrogens (tertiary/aromatic N) is 1. The van der Waals surface area contributed by atoms with E-state index < -0.39 is 14.0 Å². The van der Waals surface area contributed by atoms with E-state index in [1.807, 2.05) is 6.07 Å². The fourth-order valence-electron chi connectivity index (χ4n) is 1.85. The molecule has 1 heterocycles. The van der Waals surface area contributed by atoms with Gasteiger partial charge in [-0.05, 0) is 47.7 Å². The highest BCUT2D eigenvalue weighted by Crippen LogP contribution is 2.32. The van der Waals surface area contributed by atoms with Crippen LogP contribution < -0.4 is 5.30 Å². The SMILES string of the molecule is CCO[PH](=O)c1c(C(=O)O)n(S)c2ccc(I)cc12. The second-order valence-electron chi connectivity index (χ2n) is 3.72. The molecule has 1 atom stereocenters. The molecule has 0 aliphatic carbocycles. The summed E-state index contributed by atoms with van der Waals surface area (Å²) in [5.41, 5.74) is 0.506. The van der Waals surface area contributed by atoms with Gasteiger partial charge in [-0.15, -0.1) is 0 Å². The van der Waals surface area contributed by atoms with Crippen LogP contribution in [-0.2, 0) is 9.09 Å². The summed E-state index contributed by atoms with van der Waals surface area (Å²) < 4.78 is 19.4. The molecule has 0 amide bonds. The Morgan fingerprint density at radius 1 is 1.58 bits per heavy atom. The minimum absolute atomic E-state index is 0.0994. The molecule has 8 heteroatoms. The normalized spacial score (nSPS) is 12.8. The van der Waals surface area contributed by atoms with E-state index in [9.17, 15) is 14.5 Å². The van der Waals surface area contributed by atoms with Crippen LogP contribution in [0.1, 0.15) is 17.4 Å². The monoisotopic (exact) mass is 411 g/mol. The van der Waals surface area contributed by atoms with Crippen LogP contribution in [0.5, 0.6) is 0 Å². The lowest BCUT2D eigenvalue weighted by atomic mass is 10.2. The van der Waals surface area contributed by atoms with Crippen molar-refractivity contribution < 1.29 is 19.0 Å². The summed E-state index contributed by atoms with van der Waals surface area (Å²) >= 11 is 6.29. The van der Waals surface area contributed by atoms with Gasteiger partial charge in [0.15, 0.2) is 5.69 Å². The summed E-state index contributed by atoms with van der Waals surface area (Å²) in [6.45, 7) is 1.98. The maximum Gasteiger partial charge on any atom is 0.354 e. The number of aromatic carboxylic acids is 1. The van der Waals surface area contributed by atoms with Crippen LogP contribution in [0.4, 0.5) is 0 Å². The van der Waals surface area contributed by atoms with Crippen molar-refractivity contribution in [2.75, 3.05) is 6.61 Å². The molecule has 1 aromatic carbocycles. The van der Waals surface area contributed by atoms with Gasteiger partial charge in [0.1, 0.15) is 0 Å². The number of hydrogen-bond acceptors (Lipinski definition) is 4. The van der Waals surface area contributed by atoms with Gasteiger partial charge in [-0.1, -0.05) is 12.8 Å². The van der Waals surface area contributed by atoms with Crippen molar-refractivity contribution in [1.82, 2.24) is 3.97 Å². The maximum absolute atomic E-state index is 12.2.